The number of nitro groups is 1. The minimum atomic E-state index is -1.03. The molecular formula is C25H23N5O8. The molecule has 2 fully saturated rings. The second kappa shape index (κ2) is 9.57. The van der Waals surface area contributed by atoms with Crippen LogP contribution in [0, 0.1) is 10.1 Å². The van der Waals surface area contributed by atoms with E-state index in [1.807, 2.05) is 4.90 Å². The third-order valence-electron chi connectivity index (χ3n) is 6.98. The van der Waals surface area contributed by atoms with Crippen LogP contribution in [0.1, 0.15) is 43.9 Å². The minimum absolute atomic E-state index is 0.00296. The number of nitrogens with one attached hydrogen (secondary N) is 1. The number of fused-ring (bicyclic) bond motifs is 1. The summed E-state index contributed by atoms with van der Waals surface area (Å²) in [6.45, 7) is 1.64. The first-order chi connectivity index (χ1) is 18.2. The number of hydrogen-bond acceptors (Lipinski definition) is 9. The molecule has 38 heavy (non-hydrogen) atoms. The highest BCUT2D eigenvalue weighted by Crippen LogP contribution is 2.32. The monoisotopic (exact) mass is 521 g/mol. The van der Waals surface area contributed by atoms with Gasteiger partial charge in [0.05, 0.1) is 23.2 Å². The first-order valence-corrected chi connectivity index (χ1v) is 11.9. The Kier molecular flexibility index (Phi) is 6.27. The first-order valence-electron chi connectivity index (χ1n) is 11.9. The van der Waals surface area contributed by atoms with Crippen LogP contribution in [-0.2, 0) is 9.59 Å². The van der Waals surface area contributed by atoms with Crippen molar-refractivity contribution in [2.45, 2.75) is 18.9 Å². The van der Waals surface area contributed by atoms with Gasteiger partial charge in [-0.2, -0.15) is 0 Å². The summed E-state index contributed by atoms with van der Waals surface area (Å²) in [5.74, 6) is -2.53. The number of carbonyl (C=O) groups excluding carboxylic acids is 5. The lowest BCUT2D eigenvalue weighted by Gasteiger charge is -2.36. The molecule has 3 heterocycles. The van der Waals surface area contributed by atoms with Crippen molar-refractivity contribution < 1.29 is 33.6 Å². The molecule has 0 radical (unpaired) electrons. The van der Waals surface area contributed by atoms with Crippen LogP contribution in [0.3, 0.4) is 0 Å². The van der Waals surface area contributed by atoms with E-state index in [0.29, 0.717) is 31.9 Å². The fourth-order valence-electron chi connectivity index (χ4n) is 4.97. The van der Waals surface area contributed by atoms with Crippen LogP contribution in [0.25, 0.3) is 0 Å². The molecule has 1 unspecified atom stereocenters. The second-order valence-corrected chi connectivity index (χ2v) is 9.10. The Labute approximate surface area is 216 Å². The second-order valence-electron chi connectivity index (χ2n) is 9.10. The van der Waals surface area contributed by atoms with E-state index in [9.17, 15) is 34.1 Å². The van der Waals surface area contributed by atoms with Crippen LogP contribution in [-0.4, -0.2) is 83.6 Å². The van der Waals surface area contributed by atoms with E-state index < -0.39 is 34.6 Å². The van der Waals surface area contributed by atoms with Crippen molar-refractivity contribution in [1.29, 1.82) is 0 Å². The molecule has 13 heteroatoms. The van der Waals surface area contributed by atoms with E-state index in [-0.39, 0.29) is 46.9 Å². The van der Waals surface area contributed by atoms with Gasteiger partial charge in [-0.05, 0) is 30.7 Å². The zero-order valence-corrected chi connectivity index (χ0v) is 20.3. The molecule has 3 aliphatic rings. The number of anilines is 1. The number of carbonyl (C=O) groups is 5. The molecule has 3 aliphatic heterocycles. The lowest BCUT2D eigenvalue weighted by Crippen LogP contribution is -2.54. The van der Waals surface area contributed by atoms with Gasteiger partial charge < -0.3 is 14.5 Å². The SMILES string of the molecule is COc1cc(C(=O)N2CCN(c3ccc4c(c3)C(=O)N(C3CCC(=O)NC3=O)C4=O)CC2)ccc1[N+](=O)[O-]. The van der Waals surface area contributed by atoms with Crippen molar-refractivity contribution in [3.8, 4) is 5.75 Å². The van der Waals surface area contributed by atoms with Crippen LogP contribution in [0.15, 0.2) is 36.4 Å². The van der Waals surface area contributed by atoms with Gasteiger partial charge in [0.25, 0.3) is 17.7 Å². The number of hydrogen-bond donors (Lipinski definition) is 1. The number of piperazine rings is 1. The number of ether oxygens (including phenoxy) is 1. The maximum absolute atomic E-state index is 13.1. The van der Waals surface area contributed by atoms with Gasteiger partial charge in [0.2, 0.25) is 11.8 Å². The summed E-state index contributed by atoms with van der Waals surface area (Å²) >= 11 is 0. The summed E-state index contributed by atoms with van der Waals surface area (Å²) in [7, 11) is 1.30. The molecule has 13 nitrogen and oxygen atoms in total. The number of imide groups is 2. The molecule has 1 N–H and O–H groups in total. The zero-order chi connectivity index (χ0) is 27.1. The summed E-state index contributed by atoms with van der Waals surface area (Å²) in [4.78, 5) is 77.8. The van der Waals surface area contributed by atoms with E-state index in [4.69, 9.17) is 4.74 Å². The number of nitrogens with zero attached hydrogens (tertiary/aromatic N) is 4. The van der Waals surface area contributed by atoms with Crippen molar-refractivity contribution in [1.82, 2.24) is 15.1 Å². The molecule has 0 bridgehead atoms. The van der Waals surface area contributed by atoms with Crippen LogP contribution < -0.4 is 15.0 Å². The molecule has 5 rings (SSSR count). The molecule has 0 aliphatic carbocycles. The van der Waals surface area contributed by atoms with E-state index in [2.05, 4.69) is 5.32 Å². The van der Waals surface area contributed by atoms with Gasteiger partial charge in [-0.15, -0.1) is 0 Å². The molecule has 0 aromatic heterocycles. The molecular weight excluding hydrogens is 498 g/mol. The molecule has 2 aromatic rings. The highest BCUT2D eigenvalue weighted by atomic mass is 16.6. The zero-order valence-electron chi connectivity index (χ0n) is 20.3. The van der Waals surface area contributed by atoms with Crippen LogP contribution >= 0.6 is 0 Å². The Morgan fingerprint density at radius 2 is 1.71 bits per heavy atom. The van der Waals surface area contributed by atoms with Gasteiger partial charge in [-0.25, -0.2) is 0 Å². The average molecular weight is 521 g/mol. The molecule has 2 aromatic carbocycles. The third-order valence-corrected chi connectivity index (χ3v) is 6.98. The normalized spacial score (nSPS) is 19.4. The summed E-state index contributed by atoms with van der Waals surface area (Å²) < 4.78 is 5.06. The van der Waals surface area contributed by atoms with Crippen molar-refractivity contribution in [2.24, 2.45) is 0 Å². The quantitative estimate of drug-likeness (QED) is 0.343. The third kappa shape index (κ3) is 4.21. The minimum Gasteiger partial charge on any atom is -0.490 e. The Bertz CT molecular complexity index is 1400. The number of amides is 5. The highest BCUT2D eigenvalue weighted by molar-refractivity contribution is 6.23. The Morgan fingerprint density at radius 3 is 2.37 bits per heavy atom. The summed E-state index contributed by atoms with van der Waals surface area (Å²) in [5.41, 5.74) is 1.13. The Balaban J connectivity index is 1.27. The number of piperidine rings is 1. The average Bonchev–Trinajstić information content (AvgIpc) is 3.17. The van der Waals surface area contributed by atoms with Crippen LogP contribution in [0.4, 0.5) is 11.4 Å². The smallest absolute Gasteiger partial charge is 0.310 e. The van der Waals surface area contributed by atoms with Gasteiger partial charge in [-0.3, -0.25) is 44.3 Å². The Morgan fingerprint density at radius 1 is 1.00 bits per heavy atom. The van der Waals surface area contributed by atoms with Crippen molar-refractivity contribution >= 4 is 40.9 Å². The maximum atomic E-state index is 13.1. The van der Waals surface area contributed by atoms with Crippen molar-refractivity contribution in [2.75, 3.05) is 38.2 Å². The van der Waals surface area contributed by atoms with Gasteiger partial charge >= 0.3 is 5.69 Å². The van der Waals surface area contributed by atoms with Gasteiger partial charge in [0, 0.05) is 56.0 Å². The summed E-state index contributed by atoms with van der Waals surface area (Å²) in [6, 6.07) is 7.84. The van der Waals surface area contributed by atoms with Gasteiger partial charge in [-0.1, -0.05) is 0 Å². The lowest BCUT2D eigenvalue weighted by atomic mass is 10.0. The molecule has 0 spiro atoms. The number of nitro benzene ring substituents is 1. The largest absolute Gasteiger partial charge is 0.490 e. The van der Waals surface area contributed by atoms with E-state index >= 15 is 0 Å². The predicted octanol–water partition coefficient (Wildman–Crippen LogP) is 0.967. The van der Waals surface area contributed by atoms with Crippen LogP contribution in [0.5, 0.6) is 5.75 Å². The van der Waals surface area contributed by atoms with E-state index in [0.717, 1.165) is 4.90 Å². The molecule has 5 amide bonds. The molecule has 0 saturated carbocycles. The van der Waals surface area contributed by atoms with Crippen LogP contribution in [0.2, 0.25) is 0 Å². The topological polar surface area (TPSA) is 159 Å². The lowest BCUT2D eigenvalue weighted by molar-refractivity contribution is -0.385. The summed E-state index contributed by atoms with van der Waals surface area (Å²) in [6.07, 6.45) is 0.129. The predicted molar refractivity (Wildman–Crippen MR) is 131 cm³/mol. The maximum Gasteiger partial charge on any atom is 0.310 e. The number of benzene rings is 2. The fraction of sp³-hybridized carbons (Fsp3) is 0.320. The highest BCUT2D eigenvalue weighted by Gasteiger charge is 2.44. The molecule has 196 valence electrons. The van der Waals surface area contributed by atoms with Gasteiger partial charge in [0.1, 0.15) is 6.04 Å². The van der Waals surface area contributed by atoms with E-state index in [1.165, 1.54) is 25.3 Å². The van der Waals surface area contributed by atoms with E-state index in [1.54, 1.807) is 23.1 Å². The van der Waals surface area contributed by atoms with Gasteiger partial charge in [0.15, 0.2) is 5.75 Å². The summed E-state index contributed by atoms with van der Waals surface area (Å²) in [5, 5.41) is 13.3. The standard InChI is InChI=1S/C25H23N5O8/c1-38-20-12-14(2-5-18(20)30(36)37)23(33)28-10-8-27(9-11-28)15-3-4-16-17(13-15)25(35)29(24(16)34)19-6-7-21(31)26-22(19)32/h2-5,12-13,19H,6-11H2,1H3,(H,26,31,32). The Hall–Kier alpha value is -4.81. The number of rotatable bonds is 5. The number of methoxy groups -OCH3 is 1. The fourth-order valence-corrected chi connectivity index (χ4v) is 4.97. The van der Waals surface area contributed by atoms with Crippen molar-refractivity contribution in [3.63, 3.8) is 0 Å². The molecule has 2 saturated heterocycles. The van der Waals surface area contributed by atoms with Crippen molar-refractivity contribution in [3.05, 3.63) is 63.2 Å². The molecule has 1 atom stereocenters. The first kappa shape index (κ1) is 24.9.